The second kappa shape index (κ2) is 9.55. The van der Waals surface area contributed by atoms with Crippen molar-refractivity contribution in [1.29, 1.82) is 0 Å². The number of thioether (sulfide) groups is 4. The minimum absolute atomic E-state index is 0.0323. The Morgan fingerprint density at radius 2 is 2.20 bits per heavy atom. The molecule has 2 amide bonds. The first-order valence-corrected chi connectivity index (χ1v) is 13.9. The van der Waals surface area contributed by atoms with Gasteiger partial charge >= 0.3 is 5.97 Å². The third kappa shape index (κ3) is 4.69. The molecule has 0 radical (unpaired) electrons. The van der Waals surface area contributed by atoms with Crippen LogP contribution in [0.3, 0.4) is 0 Å². The molecule has 3 aliphatic rings. The summed E-state index contributed by atoms with van der Waals surface area (Å²) in [6.45, 7) is 1.86. The summed E-state index contributed by atoms with van der Waals surface area (Å²) >= 11 is 7.70. The summed E-state index contributed by atoms with van der Waals surface area (Å²) in [5.41, 5.74) is 0.713. The van der Waals surface area contributed by atoms with E-state index in [9.17, 15) is 19.5 Å². The number of carbonyl (C=O) groups excluding carboxylic acids is 2. The number of aromatic nitrogens is 2. The van der Waals surface area contributed by atoms with Crippen LogP contribution in [-0.4, -0.2) is 72.4 Å². The molecule has 2 N–H and O–H groups in total. The fraction of sp³-hybridized carbons (Fsp3) is 0.471. The third-order valence-electron chi connectivity index (χ3n) is 4.48. The third-order valence-corrected chi connectivity index (χ3v) is 10.2. The number of nitrogens with zero attached hydrogens (tertiary/aromatic N) is 3. The summed E-state index contributed by atoms with van der Waals surface area (Å²) in [5.74, 6) is 1.24. The lowest BCUT2D eigenvalue weighted by Gasteiger charge is -2.49. The van der Waals surface area contributed by atoms with Gasteiger partial charge in [0, 0.05) is 27.9 Å². The monoisotopic (exact) mass is 502 g/mol. The summed E-state index contributed by atoms with van der Waals surface area (Å²) in [6.07, 6.45) is 0.254. The molecule has 160 valence electrons. The number of aryl methyl sites for hydroxylation is 1. The second-order valence-corrected chi connectivity index (χ2v) is 12.3. The molecule has 4 rings (SSSR count). The number of nitrogens with one attached hydrogen (secondary N) is 1. The molecule has 1 fully saturated rings. The highest BCUT2D eigenvalue weighted by Gasteiger charge is 2.54. The molecule has 0 bridgehead atoms. The topological polar surface area (TPSA) is 112 Å². The summed E-state index contributed by atoms with van der Waals surface area (Å²) in [4.78, 5) is 39.3. The predicted molar refractivity (Wildman–Crippen MR) is 123 cm³/mol. The van der Waals surface area contributed by atoms with Crippen LogP contribution < -0.4 is 5.32 Å². The van der Waals surface area contributed by atoms with Crippen molar-refractivity contribution in [2.24, 2.45) is 0 Å². The lowest BCUT2D eigenvalue weighted by Crippen LogP contribution is -2.70. The first-order valence-electron chi connectivity index (χ1n) is 8.99. The Bertz CT molecular complexity index is 946. The van der Waals surface area contributed by atoms with Crippen LogP contribution in [0.25, 0.3) is 0 Å². The number of carboxylic acid groups (broad SMARTS) is 1. The fourth-order valence-corrected chi connectivity index (χ4v) is 8.54. The lowest BCUT2D eigenvalue weighted by atomic mass is 10.0. The first kappa shape index (κ1) is 22.1. The van der Waals surface area contributed by atoms with Gasteiger partial charge in [-0.3, -0.25) is 14.5 Å². The van der Waals surface area contributed by atoms with Gasteiger partial charge in [-0.2, -0.15) is 0 Å². The molecule has 30 heavy (non-hydrogen) atoms. The zero-order chi connectivity index (χ0) is 21.3. The molecule has 0 spiro atoms. The Morgan fingerprint density at radius 3 is 2.87 bits per heavy atom. The van der Waals surface area contributed by atoms with Crippen LogP contribution in [0.4, 0.5) is 0 Å². The maximum absolute atomic E-state index is 12.7. The largest absolute Gasteiger partial charge is 0.477 e. The van der Waals surface area contributed by atoms with E-state index in [0.717, 1.165) is 25.8 Å². The van der Waals surface area contributed by atoms with Crippen LogP contribution in [0.2, 0.25) is 0 Å². The van der Waals surface area contributed by atoms with E-state index in [0.29, 0.717) is 17.1 Å². The van der Waals surface area contributed by atoms with E-state index >= 15 is 0 Å². The Morgan fingerprint density at radius 1 is 1.37 bits per heavy atom. The molecule has 4 heterocycles. The van der Waals surface area contributed by atoms with Gasteiger partial charge in [0.25, 0.3) is 5.91 Å². The molecule has 1 saturated heterocycles. The Hall–Kier alpha value is -1.15. The van der Waals surface area contributed by atoms with Gasteiger partial charge in [0.05, 0.1) is 6.42 Å². The van der Waals surface area contributed by atoms with Crippen molar-refractivity contribution in [3.8, 4) is 0 Å². The van der Waals surface area contributed by atoms with Gasteiger partial charge < -0.3 is 10.4 Å². The molecule has 0 aliphatic carbocycles. The van der Waals surface area contributed by atoms with E-state index in [-0.39, 0.29) is 29.3 Å². The smallest absolute Gasteiger partial charge is 0.352 e. The first-order chi connectivity index (χ1) is 14.4. The van der Waals surface area contributed by atoms with E-state index in [1.165, 1.54) is 39.8 Å². The van der Waals surface area contributed by atoms with Gasteiger partial charge in [0.1, 0.15) is 22.1 Å². The number of carbonyl (C=O) groups is 3. The summed E-state index contributed by atoms with van der Waals surface area (Å²) in [7, 11) is 0. The molecule has 0 aromatic carbocycles. The number of rotatable bonds is 7. The minimum Gasteiger partial charge on any atom is -0.477 e. The fourth-order valence-electron chi connectivity index (χ4n) is 3.16. The van der Waals surface area contributed by atoms with E-state index in [1.807, 2.05) is 12.3 Å². The van der Waals surface area contributed by atoms with Crippen molar-refractivity contribution in [1.82, 2.24) is 20.4 Å². The van der Waals surface area contributed by atoms with Gasteiger partial charge in [0.2, 0.25) is 5.91 Å². The Labute approximate surface area is 194 Å². The van der Waals surface area contributed by atoms with Crippen molar-refractivity contribution in [3.05, 3.63) is 26.6 Å². The molecule has 0 saturated carbocycles. The van der Waals surface area contributed by atoms with Crippen molar-refractivity contribution in [3.63, 3.8) is 0 Å². The normalized spacial score (nSPS) is 23.6. The number of amides is 2. The molecule has 3 aliphatic heterocycles. The highest BCUT2D eigenvalue weighted by molar-refractivity contribution is 8.09. The quantitative estimate of drug-likeness (QED) is 0.426. The highest BCUT2D eigenvalue weighted by atomic mass is 32.2. The van der Waals surface area contributed by atoms with E-state index in [2.05, 4.69) is 15.5 Å². The van der Waals surface area contributed by atoms with Crippen LogP contribution >= 0.6 is 58.4 Å². The number of β-lactam (4-membered cyclic amide) rings is 1. The Kier molecular flexibility index (Phi) is 7.02. The SMILES string of the molecule is Cc1nnc(SCC2=C(C(=O)O)N3C(=O)C(NC(=O)CC4=CSCCS4)C3SC2)s1. The number of fused-ring (bicyclic) bond motifs is 1. The number of hydrogen-bond donors (Lipinski definition) is 2. The van der Waals surface area contributed by atoms with Gasteiger partial charge in [-0.25, -0.2) is 4.79 Å². The zero-order valence-electron chi connectivity index (χ0n) is 15.8. The molecule has 13 heteroatoms. The van der Waals surface area contributed by atoms with Crippen molar-refractivity contribution >= 4 is 76.2 Å². The average molecular weight is 503 g/mol. The molecule has 1 aromatic heterocycles. The predicted octanol–water partition coefficient (Wildman–Crippen LogP) is 2.39. The summed E-state index contributed by atoms with van der Waals surface area (Å²) < 4.78 is 0.769. The van der Waals surface area contributed by atoms with E-state index in [1.54, 1.807) is 23.5 Å². The minimum atomic E-state index is -1.12. The number of aliphatic carboxylic acids is 1. The molecular formula is C17H18N4O4S5. The number of carboxylic acids is 1. The van der Waals surface area contributed by atoms with Crippen LogP contribution in [0, 0.1) is 6.92 Å². The van der Waals surface area contributed by atoms with E-state index in [4.69, 9.17) is 0 Å². The van der Waals surface area contributed by atoms with Gasteiger partial charge in [-0.1, -0.05) is 23.1 Å². The van der Waals surface area contributed by atoms with Gasteiger partial charge in [0.15, 0.2) is 4.34 Å². The lowest BCUT2D eigenvalue weighted by molar-refractivity contribution is -0.150. The van der Waals surface area contributed by atoms with Crippen LogP contribution in [0.1, 0.15) is 11.4 Å². The highest BCUT2D eigenvalue weighted by Crippen LogP contribution is 2.42. The molecule has 2 atom stereocenters. The van der Waals surface area contributed by atoms with Gasteiger partial charge in [-0.15, -0.1) is 45.5 Å². The molecule has 2 unspecified atom stereocenters. The van der Waals surface area contributed by atoms with Crippen molar-refractivity contribution < 1.29 is 19.5 Å². The summed E-state index contributed by atoms with van der Waals surface area (Å²) in [6, 6.07) is -0.682. The maximum atomic E-state index is 12.7. The van der Waals surface area contributed by atoms with Crippen LogP contribution in [0.5, 0.6) is 0 Å². The Balaban J connectivity index is 1.41. The molecule has 8 nitrogen and oxygen atoms in total. The summed E-state index contributed by atoms with van der Waals surface area (Å²) in [5, 5.41) is 23.0. The molecule has 1 aromatic rings. The van der Waals surface area contributed by atoms with Crippen LogP contribution in [-0.2, 0) is 14.4 Å². The zero-order valence-corrected chi connectivity index (χ0v) is 19.9. The number of hydrogen-bond acceptors (Lipinski definition) is 10. The van der Waals surface area contributed by atoms with E-state index < -0.39 is 12.0 Å². The molecular weight excluding hydrogens is 485 g/mol. The van der Waals surface area contributed by atoms with Crippen molar-refractivity contribution in [2.45, 2.75) is 29.1 Å². The average Bonchev–Trinajstić information content (AvgIpc) is 3.15. The maximum Gasteiger partial charge on any atom is 0.352 e. The van der Waals surface area contributed by atoms with Gasteiger partial charge in [-0.05, 0) is 17.9 Å². The standard InChI is InChI=1S/C17H18N4O4S5/c1-8-19-20-17(30-8)29-6-9-5-28-15-12(14(23)21(15)13(9)16(24)25)18-11(22)4-10-7-26-2-3-27-10/h7,12,15H,2-6H2,1H3,(H,18,22)(H,24,25). The van der Waals surface area contributed by atoms with Crippen LogP contribution in [0.15, 0.2) is 25.9 Å². The van der Waals surface area contributed by atoms with Crippen molar-refractivity contribution in [2.75, 3.05) is 23.0 Å². The second-order valence-electron chi connectivity index (χ2n) is 6.57.